The number of carbonyl (C=O) groups excluding carboxylic acids is 1. The monoisotopic (exact) mass is 346 g/mol. The molecule has 0 spiro atoms. The molecule has 2 rings (SSSR count). The number of thiophene rings is 1. The molecule has 5 nitrogen and oxygen atoms in total. The lowest BCUT2D eigenvalue weighted by Crippen LogP contribution is -2.39. The van der Waals surface area contributed by atoms with Gasteiger partial charge in [-0.25, -0.2) is 4.79 Å². The quantitative estimate of drug-likeness (QED) is 0.742. The van der Waals surface area contributed by atoms with Gasteiger partial charge < -0.3 is 19.7 Å². The maximum absolute atomic E-state index is 12.5. The molecule has 0 bridgehead atoms. The lowest BCUT2D eigenvalue weighted by Gasteiger charge is -2.21. The summed E-state index contributed by atoms with van der Waals surface area (Å²) in [5.74, 6) is 1.28. The molecule has 0 saturated heterocycles. The zero-order valence-electron chi connectivity index (χ0n) is 14.0. The molecule has 0 saturated carbocycles. The molecule has 0 aliphatic heterocycles. The highest BCUT2D eigenvalue weighted by Crippen LogP contribution is 2.30. The highest BCUT2D eigenvalue weighted by molar-refractivity contribution is 7.09. The minimum Gasteiger partial charge on any atom is -0.493 e. The van der Waals surface area contributed by atoms with Crippen molar-refractivity contribution in [2.45, 2.75) is 13.1 Å². The molecule has 1 heterocycles. The fourth-order valence-corrected chi connectivity index (χ4v) is 3.06. The Hall–Kier alpha value is -2.47. The van der Waals surface area contributed by atoms with Crippen molar-refractivity contribution in [2.24, 2.45) is 0 Å². The van der Waals surface area contributed by atoms with Gasteiger partial charge in [0.05, 0.1) is 20.8 Å². The Kier molecular flexibility index (Phi) is 6.69. The predicted molar refractivity (Wildman–Crippen MR) is 96.7 cm³/mol. The van der Waals surface area contributed by atoms with Crippen LogP contribution in [-0.2, 0) is 13.1 Å². The minimum atomic E-state index is -0.145. The molecule has 0 atom stereocenters. The Morgan fingerprint density at radius 1 is 1.29 bits per heavy atom. The Bertz CT molecular complexity index is 671. The molecule has 128 valence electrons. The van der Waals surface area contributed by atoms with E-state index in [9.17, 15) is 4.79 Å². The van der Waals surface area contributed by atoms with Gasteiger partial charge in [-0.3, -0.25) is 0 Å². The van der Waals surface area contributed by atoms with Gasteiger partial charge in [-0.2, -0.15) is 0 Å². The second-order valence-electron chi connectivity index (χ2n) is 5.06. The summed E-state index contributed by atoms with van der Waals surface area (Å²) < 4.78 is 10.7. The van der Waals surface area contributed by atoms with Crippen LogP contribution in [0.3, 0.4) is 0 Å². The van der Waals surface area contributed by atoms with Crippen LogP contribution in [0.25, 0.3) is 0 Å². The van der Waals surface area contributed by atoms with E-state index >= 15 is 0 Å². The van der Waals surface area contributed by atoms with E-state index in [-0.39, 0.29) is 6.03 Å². The number of amides is 2. The van der Waals surface area contributed by atoms with Crippen molar-refractivity contribution in [1.82, 2.24) is 10.2 Å². The van der Waals surface area contributed by atoms with Gasteiger partial charge in [0.25, 0.3) is 0 Å². The van der Waals surface area contributed by atoms with E-state index in [1.54, 1.807) is 36.5 Å². The van der Waals surface area contributed by atoms with Crippen molar-refractivity contribution in [3.05, 3.63) is 58.8 Å². The summed E-state index contributed by atoms with van der Waals surface area (Å²) in [4.78, 5) is 15.3. The molecule has 1 aromatic heterocycles. The summed E-state index contributed by atoms with van der Waals surface area (Å²) in [5, 5.41) is 4.93. The fourth-order valence-electron chi connectivity index (χ4n) is 2.34. The van der Waals surface area contributed by atoms with Crippen LogP contribution in [0.2, 0.25) is 0 Å². The van der Waals surface area contributed by atoms with E-state index < -0.39 is 0 Å². The Labute approximate surface area is 146 Å². The smallest absolute Gasteiger partial charge is 0.318 e. The highest BCUT2D eigenvalue weighted by atomic mass is 32.1. The Morgan fingerprint density at radius 3 is 2.75 bits per heavy atom. The Morgan fingerprint density at radius 2 is 2.12 bits per heavy atom. The van der Waals surface area contributed by atoms with E-state index in [0.717, 1.165) is 10.4 Å². The second kappa shape index (κ2) is 8.98. The van der Waals surface area contributed by atoms with E-state index in [0.29, 0.717) is 31.1 Å². The first-order chi connectivity index (χ1) is 11.7. The van der Waals surface area contributed by atoms with Crippen LogP contribution in [0.4, 0.5) is 4.79 Å². The van der Waals surface area contributed by atoms with Crippen LogP contribution < -0.4 is 14.8 Å². The number of nitrogens with zero attached hydrogens (tertiary/aromatic N) is 1. The van der Waals surface area contributed by atoms with Gasteiger partial charge in [0, 0.05) is 23.5 Å². The molecule has 0 unspecified atom stereocenters. The molecule has 0 radical (unpaired) electrons. The van der Waals surface area contributed by atoms with Crippen molar-refractivity contribution >= 4 is 17.4 Å². The first-order valence-electron chi connectivity index (χ1n) is 7.55. The van der Waals surface area contributed by atoms with Crippen LogP contribution in [-0.4, -0.2) is 31.7 Å². The third-order valence-corrected chi connectivity index (χ3v) is 4.34. The largest absolute Gasteiger partial charge is 0.493 e. The normalized spacial score (nSPS) is 10.1. The summed E-state index contributed by atoms with van der Waals surface area (Å²) >= 11 is 1.63. The summed E-state index contributed by atoms with van der Waals surface area (Å²) in [6, 6.07) is 9.44. The number of hydrogen-bond acceptors (Lipinski definition) is 4. The number of para-hydroxylation sites is 1. The number of rotatable bonds is 8. The number of benzene rings is 1. The summed E-state index contributed by atoms with van der Waals surface area (Å²) in [6.45, 7) is 5.13. The lowest BCUT2D eigenvalue weighted by atomic mass is 10.2. The fraction of sp³-hybridized carbons (Fsp3) is 0.278. The zero-order valence-corrected chi connectivity index (χ0v) is 14.8. The first-order valence-corrected chi connectivity index (χ1v) is 8.43. The van der Waals surface area contributed by atoms with Crippen molar-refractivity contribution < 1.29 is 14.3 Å². The third kappa shape index (κ3) is 4.52. The van der Waals surface area contributed by atoms with E-state index in [4.69, 9.17) is 9.47 Å². The first kappa shape index (κ1) is 17.9. The van der Waals surface area contributed by atoms with Crippen LogP contribution in [0.1, 0.15) is 10.4 Å². The zero-order chi connectivity index (χ0) is 17.4. The molecule has 0 aliphatic carbocycles. The third-order valence-electron chi connectivity index (χ3n) is 3.48. The van der Waals surface area contributed by atoms with Gasteiger partial charge in [0.15, 0.2) is 11.5 Å². The summed E-state index contributed by atoms with van der Waals surface area (Å²) in [5.41, 5.74) is 0.861. The number of ether oxygens (including phenoxy) is 2. The lowest BCUT2D eigenvalue weighted by molar-refractivity contribution is 0.201. The molecule has 2 amide bonds. The molecule has 0 aliphatic rings. The minimum absolute atomic E-state index is 0.145. The number of hydrogen-bond donors (Lipinski definition) is 1. The van der Waals surface area contributed by atoms with Gasteiger partial charge >= 0.3 is 6.03 Å². The van der Waals surface area contributed by atoms with Crippen LogP contribution in [0.15, 0.2) is 48.4 Å². The molecule has 0 fully saturated rings. The molecule has 2 aromatic rings. The van der Waals surface area contributed by atoms with E-state index in [1.807, 2.05) is 35.7 Å². The van der Waals surface area contributed by atoms with Gasteiger partial charge in [-0.05, 0) is 17.5 Å². The maximum Gasteiger partial charge on any atom is 0.318 e. The van der Waals surface area contributed by atoms with Crippen LogP contribution in [0, 0.1) is 0 Å². The summed E-state index contributed by atoms with van der Waals surface area (Å²) in [7, 11) is 3.18. The highest BCUT2D eigenvalue weighted by Gasteiger charge is 2.15. The van der Waals surface area contributed by atoms with Gasteiger partial charge in [0.1, 0.15) is 0 Å². The van der Waals surface area contributed by atoms with Crippen LogP contribution >= 0.6 is 11.3 Å². The van der Waals surface area contributed by atoms with Crippen LogP contribution in [0.5, 0.6) is 11.5 Å². The van der Waals surface area contributed by atoms with Gasteiger partial charge in [-0.15, -0.1) is 17.9 Å². The average molecular weight is 346 g/mol. The van der Waals surface area contributed by atoms with E-state index in [1.165, 1.54) is 0 Å². The van der Waals surface area contributed by atoms with Gasteiger partial charge in [0.2, 0.25) is 0 Å². The number of urea groups is 1. The summed E-state index contributed by atoms with van der Waals surface area (Å²) in [6.07, 6.45) is 1.72. The van der Waals surface area contributed by atoms with Crippen molar-refractivity contribution in [3.63, 3.8) is 0 Å². The molecule has 1 aromatic carbocycles. The molecular weight excluding hydrogens is 324 g/mol. The number of nitrogens with one attached hydrogen (secondary N) is 1. The molecule has 24 heavy (non-hydrogen) atoms. The van der Waals surface area contributed by atoms with E-state index in [2.05, 4.69) is 11.9 Å². The van der Waals surface area contributed by atoms with Crippen molar-refractivity contribution in [1.29, 1.82) is 0 Å². The average Bonchev–Trinajstić information content (AvgIpc) is 3.11. The molecule has 1 N–H and O–H groups in total. The number of carbonyl (C=O) groups is 1. The standard InChI is InChI=1S/C18H22N2O3S/c1-4-10-20(13-15-8-6-11-24-15)18(21)19-12-14-7-5-9-16(22-2)17(14)23-3/h4-9,11H,1,10,12-13H2,2-3H3,(H,19,21). The topological polar surface area (TPSA) is 50.8 Å². The number of methoxy groups -OCH3 is 2. The maximum atomic E-state index is 12.5. The SMILES string of the molecule is C=CCN(Cc1cccs1)C(=O)NCc1cccc(OC)c1OC. The molecular formula is C18H22N2O3S. The van der Waals surface area contributed by atoms with Crippen molar-refractivity contribution in [2.75, 3.05) is 20.8 Å². The van der Waals surface area contributed by atoms with Crippen molar-refractivity contribution in [3.8, 4) is 11.5 Å². The second-order valence-corrected chi connectivity index (χ2v) is 6.09. The Balaban J connectivity index is 2.03. The van der Waals surface area contributed by atoms with Gasteiger partial charge in [-0.1, -0.05) is 24.3 Å². The predicted octanol–water partition coefficient (Wildman–Crippen LogP) is 3.66. The molecule has 6 heteroatoms.